The standard InChI is InChI=1S/C14H13F3N2O4/c1-19(8-10-5-6-22-18-10)12(13(20)21)9-3-2-4-11(7-9)23-14(15,16)17/h2-7,12H,8H2,1H3,(H,20,21)/t12-/m1/s1. The molecule has 1 N–H and O–H groups in total. The van der Waals surface area contributed by atoms with Gasteiger partial charge in [0.25, 0.3) is 0 Å². The van der Waals surface area contributed by atoms with Gasteiger partial charge in [-0.2, -0.15) is 0 Å². The molecule has 1 aromatic carbocycles. The van der Waals surface area contributed by atoms with Gasteiger partial charge >= 0.3 is 12.3 Å². The van der Waals surface area contributed by atoms with E-state index in [2.05, 4.69) is 14.4 Å². The van der Waals surface area contributed by atoms with Crippen molar-refractivity contribution in [2.45, 2.75) is 18.9 Å². The number of aromatic nitrogens is 1. The minimum Gasteiger partial charge on any atom is -0.480 e. The molecule has 9 heteroatoms. The molecule has 0 saturated carbocycles. The highest BCUT2D eigenvalue weighted by atomic mass is 19.4. The van der Waals surface area contributed by atoms with E-state index < -0.39 is 24.1 Å². The molecule has 1 atom stereocenters. The number of hydrogen-bond donors (Lipinski definition) is 1. The lowest BCUT2D eigenvalue weighted by Crippen LogP contribution is -2.30. The van der Waals surface area contributed by atoms with Crippen LogP contribution in [-0.4, -0.2) is 34.5 Å². The van der Waals surface area contributed by atoms with Crippen LogP contribution in [-0.2, 0) is 11.3 Å². The van der Waals surface area contributed by atoms with Crippen LogP contribution in [0.15, 0.2) is 41.1 Å². The lowest BCUT2D eigenvalue weighted by Gasteiger charge is -2.24. The monoisotopic (exact) mass is 330 g/mol. The van der Waals surface area contributed by atoms with Gasteiger partial charge in [0, 0.05) is 12.6 Å². The lowest BCUT2D eigenvalue weighted by molar-refractivity contribution is -0.274. The molecule has 0 bridgehead atoms. The Hall–Kier alpha value is -2.55. The Morgan fingerprint density at radius 2 is 2.17 bits per heavy atom. The summed E-state index contributed by atoms with van der Waals surface area (Å²) in [7, 11) is 1.52. The first-order valence-electron chi connectivity index (χ1n) is 6.44. The van der Waals surface area contributed by atoms with E-state index in [-0.39, 0.29) is 12.1 Å². The fraction of sp³-hybridized carbons (Fsp3) is 0.286. The number of halogens is 3. The molecule has 2 rings (SSSR count). The first kappa shape index (κ1) is 16.8. The van der Waals surface area contributed by atoms with Gasteiger partial charge in [-0.15, -0.1) is 13.2 Å². The fourth-order valence-electron chi connectivity index (χ4n) is 2.13. The minimum atomic E-state index is -4.84. The van der Waals surface area contributed by atoms with E-state index in [1.54, 1.807) is 6.07 Å². The molecule has 0 fully saturated rings. The first-order valence-corrected chi connectivity index (χ1v) is 6.44. The quantitative estimate of drug-likeness (QED) is 0.878. The van der Waals surface area contributed by atoms with Gasteiger partial charge in [-0.25, -0.2) is 0 Å². The lowest BCUT2D eigenvalue weighted by atomic mass is 10.1. The van der Waals surface area contributed by atoms with Crippen molar-refractivity contribution in [3.8, 4) is 5.75 Å². The Bertz CT molecular complexity index is 658. The van der Waals surface area contributed by atoms with Gasteiger partial charge in [0.15, 0.2) is 0 Å². The van der Waals surface area contributed by atoms with Crippen LogP contribution < -0.4 is 4.74 Å². The summed E-state index contributed by atoms with van der Waals surface area (Å²) in [6.45, 7) is 0.151. The highest BCUT2D eigenvalue weighted by Gasteiger charge is 2.32. The Kier molecular flexibility index (Phi) is 4.89. The molecule has 23 heavy (non-hydrogen) atoms. The summed E-state index contributed by atoms with van der Waals surface area (Å²) in [5, 5.41) is 13.1. The highest BCUT2D eigenvalue weighted by molar-refractivity contribution is 5.75. The summed E-state index contributed by atoms with van der Waals surface area (Å²) >= 11 is 0. The summed E-state index contributed by atoms with van der Waals surface area (Å²) in [5.41, 5.74) is 0.659. The van der Waals surface area contributed by atoms with Gasteiger partial charge in [-0.05, 0) is 24.7 Å². The van der Waals surface area contributed by atoms with E-state index in [9.17, 15) is 23.1 Å². The second-order valence-electron chi connectivity index (χ2n) is 4.77. The number of alkyl halides is 3. The van der Waals surface area contributed by atoms with Crippen molar-refractivity contribution in [2.24, 2.45) is 0 Å². The van der Waals surface area contributed by atoms with E-state index in [4.69, 9.17) is 0 Å². The first-order chi connectivity index (χ1) is 10.8. The van der Waals surface area contributed by atoms with Gasteiger partial charge in [-0.3, -0.25) is 9.69 Å². The number of rotatable bonds is 6. The van der Waals surface area contributed by atoms with Crippen LogP contribution in [0.2, 0.25) is 0 Å². The fourth-order valence-corrected chi connectivity index (χ4v) is 2.13. The van der Waals surface area contributed by atoms with E-state index in [0.717, 1.165) is 12.1 Å². The van der Waals surface area contributed by atoms with Crippen molar-refractivity contribution < 1.29 is 32.3 Å². The van der Waals surface area contributed by atoms with Crippen LogP contribution >= 0.6 is 0 Å². The summed E-state index contributed by atoms with van der Waals surface area (Å²) < 4.78 is 45.3. The molecule has 0 aliphatic carbocycles. The largest absolute Gasteiger partial charge is 0.573 e. The third kappa shape index (κ3) is 4.71. The van der Waals surface area contributed by atoms with E-state index in [1.165, 1.54) is 30.3 Å². The molecule has 1 heterocycles. The molecule has 0 spiro atoms. The van der Waals surface area contributed by atoms with Crippen molar-refractivity contribution in [1.29, 1.82) is 0 Å². The molecule has 0 aliphatic rings. The SMILES string of the molecule is CN(Cc1ccon1)[C@@H](C(=O)O)c1cccc(OC(F)(F)F)c1. The number of benzene rings is 1. The molecular formula is C14H13F3N2O4. The molecular weight excluding hydrogens is 317 g/mol. The van der Waals surface area contributed by atoms with Crippen LogP contribution in [0.1, 0.15) is 17.3 Å². The van der Waals surface area contributed by atoms with Crippen molar-refractivity contribution in [3.63, 3.8) is 0 Å². The zero-order chi connectivity index (χ0) is 17.0. The Morgan fingerprint density at radius 1 is 1.43 bits per heavy atom. The van der Waals surface area contributed by atoms with Crippen LogP contribution in [0, 0.1) is 0 Å². The van der Waals surface area contributed by atoms with Crippen molar-refractivity contribution in [1.82, 2.24) is 10.1 Å². The number of ether oxygens (including phenoxy) is 1. The number of carbonyl (C=O) groups is 1. The number of nitrogens with zero attached hydrogens (tertiary/aromatic N) is 2. The Morgan fingerprint density at radius 3 is 2.74 bits per heavy atom. The summed E-state index contributed by atoms with van der Waals surface area (Å²) in [6, 6.07) is 5.28. The maximum atomic E-state index is 12.3. The Labute approximate surface area is 129 Å². The molecule has 124 valence electrons. The number of likely N-dealkylation sites (N-methyl/N-ethyl adjacent to an activating group) is 1. The topological polar surface area (TPSA) is 75.8 Å². The zero-order valence-corrected chi connectivity index (χ0v) is 11.9. The van der Waals surface area contributed by atoms with E-state index >= 15 is 0 Å². The molecule has 6 nitrogen and oxygen atoms in total. The van der Waals surface area contributed by atoms with Gasteiger partial charge in [0.2, 0.25) is 0 Å². The predicted octanol–water partition coefficient (Wildman–Crippen LogP) is 2.83. The van der Waals surface area contributed by atoms with Gasteiger partial charge in [0.1, 0.15) is 18.1 Å². The third-order valence-corrected chi connectivity index (χ3v) is 2.98. The zero-order valence-electron chi connectivity index (χ0n) is 11.9. The van der Waals surface area contributed by atoms with Crippen molar-refractivity contribution >= 4 is 5.97 Å². The molecule has 1 aromatic heterocycles. The summed E-state index contributed by atoms with van der Waals surface area (Å²) in [6.07, 6.45) is -3.50. The van der Waals surface area contributed by atoms with Gasteiger partial charge in [0.05, 0.1) is 5.69 Å². The molecule has 0 radical (unpaired) electrons. The van der Waals surface area contributed by atoms with Crippen molar-refractivity contribution in [3.05, 3.63) is 47.9 Å². The molecule has 2 aromatic rings. The van der Waals surface area contributed by atoms with Gasteiger partial charge in [-0.1, -0.05) is 17.3 Å². The maximum Gasteiger partial charge on any atom is 0.573 e. The number of carboxylic acid groups (broad SMARTS) is 1. The number of hydrogen-bond acceptors (Lipinski definition) is 5. The van der Waals surface area contributed by atoms with Gasteiger partial charge < -0.3 is 14.4 Å². The molecule has 0 unspecified atom stereocenters. The van der Waals surface area contributed by atoms with E-state index in [0.29, 0.717) is 5.69 Å². The average molecular weight is 330 g/mol. The smallest absolute Gasteiger partial charge is 0.480 e. The average Bonchev–Trinajstić information content (AvgIpc) is 2.89. The number of carboxylic acids is 1. The van der Waals surface area contributed by atoms with Crippen LogP contribution in [0.5, 0.6) is 5.75 Å². The second-order valence-corrected chi connectivity index (χ2v) is 4.77. The molecule has 0 amide bonds. The summed E-state index contributed by atoms with van der Waals surface area (Å²) in [4.78, 5) is 12.9. The maximum absolute atomic E-state index is 12.3. The molecule has 0 saturated heterocycles. The highest BCUT2D eigenvalue weighted by Crippen LogP contribution is 2.28. The predicted molar refractivity (Wildman–Crippen MR) is 71.5 cm³/mol. The second kappa shape index (κ2) is 6.69. The number of aliphatic carboxylic acids is 1. The van der Waals surface area contributed by atoms with Crippen molar-refractivity contribution in [2.75, 3.05) is 7.05 Å². The summed E-state index contributed by atoms with van der Waals surface area (Å²) in [5.74, 6) is -1.68. The van der Waals surface area contributed by atoms with Crippen LogP contribution in [0.25, 0.3) is 0 Å². The van der Waals surface area contributed by atoms with Crippen LogP contribution in [0.4, 0.5) is 13.2 Å². The minimum absolute atomic E-state index is 0.151. The molecule has 0 aliphatic heterocycles. The third-order valence-electron chi connectivity index (χ3n) is 2.98. The normalized spacial score (nSPS) is 13.1. The van der Waals surface area contributed by atoms with E-state index in [1.807, 2.05) is 0 Å². The van der Waals surface area contributed by atoms with Crippen LogP contribution in [0.3, 0.4) is 0 Å². The Balaban J connectivity index is 2.23.